The highest BCUT2D eigenvalue weighted by Crippen LogP contribution is 2.41. The van der Waals surface area contributed by atoms with Gasteiger partial charge in [-0.2, -0.15) is 0 Å². The van der Waals surface area contributed by atoms with Gasteiger partial charge in [0.1, 0.15) is 0 Å². The molecule has 154 valence electrons. The van der Waals surface area contributed by atoms with Crippen molar-refractivity contribution in [3.05, 3.63) is 71.3 Å². The van der Waals surface area contributed by atoms with Crippen molar-refractivity contribution in [3.8, 4) is 0 Å². The maximum Gasteiger partial charge on any atom is 0.227 e. The number of likely N-dealkylation sites (tertiary alicyclic amines) is 1. The number of piperidine rings is 1. The Morgan fingerprint density at radius 2 is 1.76 bits per heavy atom. The largest absolute Gasteiger partial charge is 0.342 e. The van der Waals surface area contributed by atoms with E-state index in [-0.39, 0.29) is 23.3 Å². The molecule has 1 aliphatic heterocycles. The SMILES string of the molecule is CN(C)C1(c2ccccc2)CCN(C(=O)[C@H](CN)[C@H]2CCc3ccccc32)CC1. The molecular weight excluding hydrogens is 358 g/mol. The molecule has 1 aliphatic carbocycles. The van der Waals surface area contributed by atoms with Gasteiger partial charge in [-0.3, -0.25) is 9.69 Å². The summed E-state index contributed by atoms with van der Waals surface area (Å²) in [4.78, 5) is 17.9. The van der Waals surface area contributed by atoms with E-state index < -0.39 is 0 Å². The smallest absolute Gasteiger partial charge is 0.227 e. The van der Waals surface area contributed by atoms with Crippen LogP contribution >= 0.6 is 0 Å². The molecule has 2 aromatic carbocycles. The van der Waals surface area contributed by atoms with E-state index in [1.165, 1.54) is 16.7 Å². The zero-order valence-corrected chi connectivity index (χ0v) is 17.7. The molecule has 0 radical (unpaired) electrons. The van der Waals surface area contributed by atoms with Gasteiger partial charge in [-0.1, -0.05) is 54.6 Å². The van der Waals surface area contributed by atoms with E-state index in [0.717, 1.165) is 38.8 Å². The van der Waals surface area contributed by atoms with Crippen LogP contribution in [0, 0.1) is 5.92 Å². The minimum absolute atomic E-state index is 0.00376. The number of fused-ring (bicyclic) bond motifs is 1. The lowest BCUT2D eigenvalue weighted by Gasteiger charge is -2.47. The van der Waals surface area contributed by atoms with Crippen molar-refractivity contribution in [2.75, 3.05) is 33.7 Å². The molecule has 0 bridgehead atoms. The Kier molecular flexibility index (Phi) is 5.75. The number of aryl methyl sites for hydroxylation is 1. The summed E-state index contributed by atoms with van der Waals surface area (Å²) in [7, 11) is 4.31. The van der Waals surface area contributed by atoms with E-state index in [1.54, 1.807) is 0 Å². The molecule has 1 heterocycles. The first-order chi connectivity index (χ1) is 14.1. The Hall–Kier alpha value is -2.17. The van der Waals surface area contributed by atoms with Crippen molar-refractivity contribution in [2.45, 2.75) is 37.1 Å². The second-order valence-electron chi connectivity index (χ2n) is 8.80. The normalized spacial score (nSPS) is 21.8. The van der Waals surface area contributed by atoms with Gasteiger partial charge < -0.3 is 10.6 Å². The first-order valence-corrected chi connectivity index (χ1v) is 10.9. The topological polar surface area (TPSA) is 49.6 Å². The second-order valence-corrected chi connectivity index (χ2v) is 8.80. The zero-order chi connectivity index (χ0) is 20.4. The fourth-order valence-electron chi connectivity index (χ4n) is 5.52. The molecule has 2 N–H and O–H groups in total. The lowest BCUT2D eigenvalue weighted by molar-refractivity contribution is -0.138. The van der Waals surface area contributed by atoms with Crippen LogP contribution in [-0.4, -0.2) is 49.4 Å². The quantitative estimate of drug-likeness (QED) is 0.850. The number of nitrogens with zero attached hydrogens (tertiary/aromatic N) is 2. The van der Waals surface area contributed by atoms with Crippen molar-refractivity contribution < 1.29 is 4.79 Å². The van der Waals surface area contributed by atoms with Gasteiger partial charge in [-0.05, 0) is 62.4 Å². The van der Waals surface area contributed by atoms with Crippen LogP contribution in [0.3, 0.4) is 0 Å². The third-order valence-corrected chi connectivity index (χ3v) is 7.31. The number of hydrogen-bond acceptors (Lipinski definition) is 3. The average molecular weight is 392 g/mol. The van der Waals surface area contributed by atoms with Crippen molar-refractivity contribution in [3.63, 3.8) is 0 Å². The van der Waals surface area contributed by atoms with Gasteiger partial charge in [-0.25, -0.2) is 0 Å². The fourth-order valence-corrected chi connectivity index (χ4v) is 5.52. The molecule has 1 amide bonds. The first-order valence-electron chi connectivity index (χ1n) is 10.9. The molecule has 0 spiro atoms. The van der Waals surface area contributed by atoms with Crippen molar-refractivity contribution >= 4 is 5.91 Å². The Labute approximate surface area is 174 Å². The van der Waals surface area contributed by atoms with E-state index in [1.807, 2.05) is 0 Å². The Balaban J connectivity index is 1.50. The van der Waals surface area contributed by atoms with Gasteiger partial charge in [0, 0.05) is 25.2 Å². The highest BCUT2D eigenvalue weighted by molar-refractivity contribution is 5.80. The molecule has 4 heteroatoms. The number of benzene rings is 2. The number of rotatable bonds is 5. The highest BCUT2D eigenvalue weighted by Gasteiger charge is 2.42. The Morgan fingerprint density at radius 1 is 1.10 bits per heavy atom. The van der Waals surface area contributed by atoms with Gasteiger partial charge in [0.05, 0.1) is 5.92 Å². The maximum atomic E-state index is 13.5. The van der Waals surface area contributed by atoms with Crippen LogP contribution in [0.5, 0.6) is 0 Å². The van der Waals surface area contributed by atoms with Crippen molar-refractivity contribution in [1.82, 2.24) is 9.80 Å². The summed E-state index contributed by atoms with van der Waals surface area (Å²) in [6.45, 7) is 2.00. The molecule has 1 saturated heterocycles. The molecule has 1 fully saturated rings. The van der Waals surface area contributed by atoms with Gasteiger partial charge in [0.25, 0.3) is 0 Å². The third kappa shape index (κ3) is 3.60. The van der Waals surface area contributed by atoms with Gasteiger partial charge in [0.2, 0.25) is 5.91 Å². The number of hydrogen-bond donors (Lipinski definition) is 1. The van der Waals surface area contributed by atoms with Crippen LogP contribution in [0.25, 0.3) is 0 Å². The van der Waals surface area contributed by atoms with E-state index >= 15 is 0 Å². The second kappa shape index (κ2) is 8.29. The fraction of sp³-hybridized carbons (Fsp3) is 0.480. The molecular formula is C25H33N3O. The number of carbonyl (C=O) groups excluding carboxylic acids is 1. The molecule has 0 aromatic heterocycles. The lowest BCUT2D eigenvalue weighted by atomic mass is 9.79. The summed E-state index contributed by atoms with van der Waals surface area (Å²) in [6.07, 6.45) is 4.00. The number of nitrogens with two attached hydrogens (primary N) is 1. The predicted molar refractivity (Wildman–Crippen MR) is 118 cm³/mol. The molecule has 4 nitrogen and oxygen atoms in total. The van der Waals surface area contributed by atoms with Crippen LogP contribution < -0.4 is 5.73 Å². The highest BCUT2D eigenvalue weighted by atomic mass is 16.2. The predicted octanol–water partition coefficient (Wildman–Crippen LogP) is 3.37. The van der Waals surface area contributed by atoms with E-state index in [0.29, 0.717) is 6.54 Å². The van der Waals surface area contributed by atoms with E-state index in [2.05, 4.69) is 78.5 Å². The van der Waals surface area contributed by atoms with Gasteiger partial charge in [0.15, 0.2) is 0 Å². The standard InChI is InChI=1S/C25H33N3O/c1-27(2)25(20-9-4-3-5-10-20)14-16-28(17-15-25)24(29)23(18-26)22-13-12-19-8-6-7-11-21(19)22/h3-11,22-23H,12-18,26H2,1-2H3/t22-,23+/m0/s1. The van der Waals surface area contributed by atoms with Crippen molar-refractivity contribution in [2.24, 2.45) is 11.7 Å². The Morgan fingerprint density at radius 3 is 2.41 bits per heavy atom. The van der Waals surface area contributed by atoms with Crippen LogP contribution in [-0.2, 0) is 16.8 Å². The summed E-state index contributed by atoms with van der Waals surface area (Å²) in [5.74, 6) is 0.398. The van der Waals surface area contributed by atoms with Crippen LogP contribution in [0.15, 0.2) is 54.6 Å². The van der Waals surface area contributed by atoms with Crippen LogP contribution in [0.1, 0.15) is 41.9 Å². The Bertz CT molecular complexity index is 840. The summed E-state index contributed by atoms with van der Waals surface area (Å²) in [6, 6.07) is 19.3. The van der Waals surface area contributed by atoms with Crippen LogP contribution in [0.2, 0.25) is 0 Å². The van der Waals surface area contributed by atoms with E-state index in [4.69, 9.17) is 5.73 Å². The summed E-state index contributed by atoms with van der Waals surface area (Å²) >= 11 is 0. The van der Waals surface area contributed by atoms with Crippen molar-refractivity contribution in [1.29, 1.82) is 0 Å². The average Bonchev–Trinajstić information content (AvgIpc) is 3.19. The zero-order valence-electron chi connectivity index (χ0n) is 17.7. The first kappa shape index (κ1) is 20.1. The molecule has 4 rings (SSSR count). The molecule has 2 atom stereocenters. The molecule has 0 unspecified atom stereocenters. The van der Waals surface area contributed by atoms with E-state index in [9.17, 15) is 4.79 Å². The lowest BCUT2D eigenvalue weighted by Crippen LogP contribution is -2.53. The maximum absolute atomic E-state index is 13.5. The minimum atomic E-state index is -0.109. The summed E-state index contributed by atoms with van der Waals surface area (Å²) in [5, 5.41) is 0. The molecule has 2 aromatic rings. The summed E-state index contributed by atoms with van der Waals surface area (Å²) in [5.41, 5.74) is 10.2. The molecule has 29 heavy (non-hydrogen) atoms. The monoisotopic (exact) mass is 391 g/mol. The van der Waals surface area contributed by atoms with Crippen LogP contribution in [0.4, 0.5) is 0 Å². The third-order valence-electron chi connectivity index (χ3n) is 7.31. The summed E-state index contributed by atoms with van der Waals surface area (Å²) < 4.78 is 0. The molecule has 2 aliphatic rings. The molecule has 0 saturated carbocycles. The van der Waals surface area contributed by atoms with Gasteiger partial charge >= 0.3 is 0 Å². The minimum Gasteiger partial charge on any atom is -0.342 e. The number of amides is 1. The number of carbonyl (C=O) groups is 1. The van der Waals surface area contributed by atoms with Gasteiger partial charge in [-0.15, -0.1) is 0 Å².